The zero-order valence-corrected chi connectivity index (χ0v) is 20.5. The van der Waals surface area contributed by atoms with E-state index in [1.807, 2.05) is 54.6 Å². The quantitative estimate of drug-likeness (QED) is 0.151. The van der Waals surface area contributed by atoms with E-state index in [0.717, 1.165) is 28.8 Å². The minimum atomic E-state index is -2.64. The van der Waals surface area contributed by atoms with E-state index in [4.69, 9.17) is 9.48 Å². The molecule has 34 heavy (non-hydrogen) atoms. The average molecular weight is 472 g/mol. The number of rotatable bonds is 10. The first kappa shape index (κ1) is 25.0. The molecular formula is C28H30N3O2P. The van der Waals surface area contributed by atoms with Gasteiger partial charge in [-0.2, -0.15) is 5.26 Å². The molecular weight excluding hydrogens is 441 g/mol. The van der Waals surface area contributed by atoms with Crippen LogP contribution in [0.1, 0.15) is 26.7 Å². The minimum absolute atomic E-state index is 0.106. The van der Waals surface area contributed by atoms with Crippen molar-refractivity contribution in [2.45, 2.75) is 26.7 Å². The Bertz CT molecular complexity index is 1100. The van der Waals surface area contributed by atoms with Crippen LogP contribution >= 0.6 is 7.05 Å². The molecule has 1 N–H and O–H groups in total. The summed E-state index contributed by atoms with van der Waals surface area (Å²) in [4.78, 5) is 12.8. The molecule has 0 radical (unpaired) electrons. The van der Waals surface area contributed by atoms with Gasteiger partial charge in [0.25, 0.3) is 0 Å². The number of ether oxygens (including phenoxy) is 1. The highest BCUT2D eigenvalue weighted by Gasteiger charge is 2.29. The molecule has 0 saturated heterocycles. The van der Waals surface area contributed by atoms with Crippen molar-refractivity contribution in [2.75, 3.05) is 13.2 Å². The van der Waals surface area contributed by atoms with E-state index in [9.17, 15) is 10.1 Å². The van der Waals surface area contributed by atoms with Crippen LogP contribution in [0.2, 0.25) is 0 Å². The van der Waals surface area contributed by atoms with Gasteiger partial charge in [-0.3, -0.25) is 0 Å². The summed E-state index contributed by atoms with van der Waals surface area (Å²) in [5.41, 5.74) is -0.106. The number of unbranched alkanes of at least 4 members (excludes halogenated alkanes) is 1. The summed E-state index contributed by atoms with van der Waals surface area (Å²) < 4.78 is 10.5. The van der Waals surface area contributed by atoms with Gasteiger partial charge in [0.1, 0.15) is 6.07 Å². The minimum Gasteiger partial charge on any atom is -0.462 e. The number of hydrogen-bond acceptors (Lipinski definition) is 5. The molecule has 0 spiro atoms. The highest BCUT2D eigenvalue weighted by Crippen LogP contribution is 2.47. The van der Waals surface area contributed by atoms with Crippen molar-refractivity contribution in [3.63, 3.8) is 0 Å². The molecule has 5 nitrogen and oxygen atoms in total. The van der Waals surface area contributed by atoms with Gasteiger partial charge in [-0.05, 0) is 13.3 Å². The molecule has 0 unspecified atom stereocenters. The SMILES string of the molecule is CCCCN/C(N=P(c1ccccc1)(c1ccccc1)c1ccccc1)=C(\C#N)C(=O)OCC. The highest BCUT2D eigenvalue weighted by molar-refractivity contribution is 7.87. The van der Waals surface area contributed by atoms with Gasteiger partial charge in [0, 0.05) is 22.5 Å². The van der Waals surface area contributed by atoms with E-state index in [1.165, 1.54) is 0 Å². The smallest absolute Gasteiger partial charge is 0.352 e. The maximum atomic E-state index is 12.8. The molecule has 0 heterocycles. The lowest BCUT2D eigenvalue weighted by atomic mass is 10.3. The Balaban J connectivity index is 2.45. The van der Waals surface area contributed by atoms with Crippen LogP contribution in [0.3, 0.4) is 0 Å². The Morgan fingerprint density at radius 1 is 0.882 bits per heavy atom. The highest BCUT2D eigenvalue weighted by atomic mass is 31.2. The van der Waals surface area contributed by atoms with E-state index in [2.05, 4.69) is 54.7 Å². The van der Waals surface area contributed by atoms with Crippen molar-refractivity contribution in [1.82, 2.24) is 5.32 Å². The first-order valence-corrected chi connectivity index (χ1v) is 13.3. The van der Waals surface area contributed by atoms with Crippen LogP contribution in [0.4, 0.5) is 0 Å². The number of nitriles is 1. The Morgan fingerprint density at radius 2 is 1.35 bits per heavy atom. The van der Waals surface area contributed by atoms with Gasteiger partial charge >= 0.3 is 5.97 Å². The van der Waals surface area contributed by atoms with Crippen LogP contribution in [-0.2, 0) is 9.53 Å². The van der Waals surface area contributed by atoms with Crippen LogP contribution in [-0.4, -0.2) is 19.1 Å². The normalized spacial score (nSPS) is 11.7. The van der Waals surface area contributed by atoms with Crippen molar-refractivity contribution < 1.29 is 9.53 Å². The molecule has 6 heteroatoms. The molecule has 0 aliphatic heterocycles. The maximum absolute atomic E-state index is 12.8. The van der Waals surface area contributed by atoms with Crippen molar-refractivity contribution in [3.05, 3.63) is 102 Å². The summed E-state index contributed by atoms with van der Waals surface area (Å²) in [5, 5.41) is 16.3. The molecule has 0 aromatic heterocycles. The third-order valence-electron chi connectivity index (χ3n) is 5.29. The summed E-state index contributed by atoms with van der Waals surface area (Å²) in [7, 11) is -2.64. The summed E-state index contributed by atoms with van der Waals surface area (Å²) in [6.07, 6.45) is 1.85. The zero-order chi connectivity index (χ0) is 24.2. The number of nitrogens with one attached hydrogen (secondary N) is 1. The standard InChI is InChI=1S/C28H30N3O2P/c1-3-5-21-30-27(26(22-29)28(32)33-4-2)31-34(23-15-9-6-10-16-23,24-17-11-7-12-18-24)25-19-13-8-14-20-25/h6-20,30H,3-5,21H2,1-2H3/b27-26-. The fraction of sp³-hybridized carbons (Fsp3) is 0.214. The maximum Gasteiger partial charge on any atom is 0.352 e. The van der Waals surface area contributed by atoms with Crippen LogP contribution < -0.4 is 21.2 Å². The Morgan fingerprint density at radius 3 is 1.74 bits per heavy atom. The second-order valence-corrected chi connectivity index (χ2v) is 10.6. The summed E-state index contributed by atoms with van der Waals surface area (Å²) in [6.45, 7) is 4.60. The number of hydrogen-bond donors (Lipinski definition) is 1. The van der Waals surface area contributed by atoms with Crippen LogP contribution in [0, 0.1) is 11.3 Å². The first-order valence-electron chi connectivity index (χ1n) is 11.5. The summed E-state index contributed by atoms with van der Waals surface area (Å²) in [5.74, 6) is -0.390. The number of benzene rings is 3. The molecule has 0 atom stereocenters. The third-order valence-corrected chi connectivity index (χ3v) is 8.93. The number of nitrogens with zero attached hydrogens (tertiary/aromatic N) is 2. The van der Waals surface area contributed by atoms with Crippen molar-refractivity contribution >= 4 is 28.9 Å². The molecule has 174 valence electrons. The third kappa shape index (κ3) is 5.65. The Kier molecular flexibility index (Phi) is 9.26. The predicted molar refractivity (Wildman–Crippen MR) is 140 cm³/mol. The second kappa shape index (κ2) is 12.6. The van der Waals surface area contributed by atoms with Crippen molar-refractivity contribution in [3.8, 4) is 6.07 Å². The fourth-order valence-electron chi connectivity index (χ4n) is 3.66. The van der Waals surface area contributed by atoms with E-state index < -0.39 is 13.0 Å². The van der Waals surface area contributed by atoms with Gasteiger partial charge in [0.05, 0.1) is 13.7 Å². The van der Waals surface area contributed by atoms with E-state index >= 15 is 0 Å². The van der Waals surface area contributed by atoms with E-state index in [1.54, 1.807) is 6.92 Å². The first-order chi connectivity index (χ1) is 16.7. The lowest BCUT2D eigenvalue weighted by molar-refractivity contribution is -0.138. The summed E-state index contributed by atoms with van der Waals surface area (Å²) >= 11 is 0. The monoisotopic (exact) mass is 471 g/mol. The Hall–Kier alpha value is -3.61. The topological polar surface area (TPSA) is 74.5 Å². The number of carbonyl (C=O) groups excluding carboxylic acids is 1. The average Bonchev–Trinajstić information content (AvgIpc) is 2.89. The van der Waals surface area contributed by atoms with E-state index in [-0.39, 0.29) is 18.0 Å². The van der Waals surface area contributed by atoms with Crippen LogP contribution in [0.5, 0.6) is 0 Å². The molecule has 0 saturated carbocycles. The second-order valence-electron chi connectivity index (χ2n) is 7.58. The molecule has 3 rings (SSSR count). The van der Waals surface area contributed by atoms with Gasteiger partial charge in [0.15, 0.2) is 11.4 Å². The fourth-order valence-corrected chi connectivity index (χ4v) is 7.18. The molecule has 0 aliphatic carbocycles. The number of esters is 1. The largest absolute Gasteiger partial charge is 0.462 e. The predicted octanol–water partition coefficient (Wildman–Crippen LogP) is 4.85. The van der Waals surface area contributed by atoms with Gasteiger partial charge in [0.2, 0.25) is 0 Å². The molecule has 0 fully saturated rings. The number of carbonyl (C=O) groups is 1. The van der Waals surface area contributed by atoms with E-state index in [0.29, 0.717) is 6.54 Å². The van der Waals surface area contributed by atoms with Crippen LogP contribution in [0.25, 0.3) is 0 Å². The van der Waals surface area contributed by atoms with Gasteiger partial charge in [-0.25, -0.2) is 9.54 Å². The van der Waals surface area contributed by atoms with Gasteiger partial charge in [-0.1, -0.05) is 104 Å². The zero-order valence-electron chi connectivity index (χ0n) is 19.6. The van der Waals surface area contributed by atoms with Crippen molar-refractivity contribution in [1.29, 1.82) is 5.26 Å². The molecule has 0 amide bonds. The van der Waals surface area contributed by atoms with Crippen LogP contribution in [0.15, 0.2) is 107 Å². The van der Waals surface area contributed by atoms with Crippen molar-refractivity contribution in [2.24, 2.45) is 4.74 Å². The van der Waals surface area contributed by atoms with Gasteiger partial charge < -0.3 is 10.1 Å². The molecule has 0 aliphatic rings. The Labute approximate surface area is 202 Å². The lowest BCUT2D eigenvalue weighted by Gasteiger charge is -2.27. The molecule has 0 bridgehead atoms. The molecule has 3 aromatic carbocycles. The van der Waals surface area contributed by atoms with Gasteiger partial charge in [-0.15, -0.1) is 0 Å². The summed E-state index contributed by atoms with van der Waals surface area (Å²) in [6, 6.07) is 32.4. The lowest BCUT2D eigenvalue weighted by Crippen LogP contribution is -2.27. The molecule has 3 aromatic rings.